The van der Waals surface area contributed by atoms with Crippen LogP contribution in [0.15, 0.2) is 52.5 Å². The molecular formula is C17H15F2N3O3S. The third kappa shape index (κ3) is 3.17. The maximum absolute atomic E-state index is 13.7. The van der Waals surface area contributed by atoms with Gasteiger partial charge in [0, 0.05) is 6.54 Å². The molecule has 0 saturated carbocycles. The molecule has 0 radical (unpaired) electrons. The lowest BCUT2D eigenvalue weighted by Gasteiger charge is -2.27. The fourth-order valence-electron chi connectivity index (χ4n) is 2.44. The summed E-state index contributed by atoms with van der Waals surface area (Å²) in [5.41, 5.74) is 0.403. The number of hydrogen-bond donors (Lipinski definition) is 1. The Labute approximate surface area is 149 Å². The minimum atomic E-state index is -4.30. The van der Waals surface area contributed by atoms with E-state index in [4.69, 9.17) is 0 Å². The van der Waals surface area contributed by atoms with Crippen LogP contribution < -0.4 is 10.3 Å². The van der Waals surface area contributed by atoms with Gasteiger partial charge in [-0.2, -0.15) is 0 Å². The topological polar surface area (TPSA) is 78.8 Å². The van der Waals surface area contributed by atoms with Gasteiger partial charge in [-0.3, -0.25) is 4.79 Å². The molecular weight excluding hydrogens is 364 g/mol. The van der Waals surface area contributed by atoms with E-state index in [9.17, 15) is 22.0 Å². The fourth-order valence-corrected chi connectivity index (χ4v) is 3.85. The number of halogens is 2. The SMILES string of the molecule is CCCNC(=O)C1=NN(c2ccc(F)cc2)c2ccc(F)cc2S1(=O)=O. The number of amides is 1. The zero-order valence-electron chi connectivity index (χ0n) is 13.7. The van der Waals surface area contributed by atoms with Crippen molar-refractivity contribution in [2.24, 2.45) is 5.10 Å². The molecule has 9 heteroatoms. The van der Waals surface area contributed by atoms with Crippen molar-refractivity contribution in [3.63, 3.8) is 0 Å². The number of benzene rings is 2. The number of fused-ring (bicyclic) bond motifs is 1. The van der Waals surface area contributed by atoms with Crippen molar-refractivity contribution in [1.29, 1.82) is 0 Å². The van der Waals surface area contributed by atoms with Gasteiger partial charge in [-0.1, -0.05) is 6.92 Å². The summed E-state index contributed by atoms with van der Waals surface area (Å²) in [6.45, 7) is 2.08. The smallest absolute Gasteiger partial charge is 0.283 e. The summed E-state index contributed by atoms with van der Waals surface area (Å²) in [5, 5.41) is 6.85. The monoisotopic (exact) mass is 379 g/mol. The first-order valence-corrected chi connectivity index (χ1v) is 9.30. The van der Waals surface area contributed by atoms with Gasteiger partial charge in [-0.15, -0.1) is 5.10 Å². The second-order valence-electron chi connectivity index (χ2n) is 5.56. The molecule has 0 atom stereocenters. The van der Waals surface area contributed by atoms with Crippen LogP contribution in [0.2, 0.25) is 0 Å². The van der Waals surface area contributed by atoms with Crippen molar-refractivity contribution < 1.29 is 22.0 Å². The van der Waals surface area contributed by atoms with Crippen LogP contribution in [0.3, 0.4) is 0 Å². The van der Waals surface area contributed by atoms with Crippen LogP contribution in [0.25, 0.3) is 0 Å². The highest BCUT2D eigenvalue weighted by atomic mass is 32.2. The van der Waals surface area contributed by atoms with Gasteiger partial charge in [-0.25, -0.2) is 22.2 Å². The minimum Gasteiger partial charge on any atom is -0.350 e. The highest BCUT2D eigenvalue weighted by Crippen LogP contribution is 2.37. The summed E-state index contributed by atoms with van der Waals surface area (Å²) in [4.78, 5) is 11.9. The fraction of sp³-hybridized carbons (Fsp3) is 0.176. The molecule has 136 valence electrons. The maximum atomic E-state index is 13.7. The van der Waals surface area contributed by atoms with E-state index >= 15 is 0 Å². The number of hydrazone groups is 1. The molecule has 2 aromatic carbocycles. The van der Waals surface area contributed by atoms with E-state index in [1.165, 1.54) is 35.3 Å². The molecule has 1 heterocycles. The first kappa shape index (κ1) is 18.0. The van der Waals surface area contributed by atoms with Crippen LogP contribution in [0.1, 0.15) is 13.3 Å². The number of hydrogen-bond acceptors (Lipinski definition) is 5. The zero-order chi connectivity index (χ0) is 18.9. The van der Waals surface area contributed by atoms with E-state index in [0.717, 1.165) is 12.1 Å². The molecule has 1 amide bonds. The molecule has 0 aromatic heterocycles. The second kappa shape index (κ2) is 6.83. The number of carbonyl (C=O) groups excluding carboxylic acids is 1. The molecule has 6 nitrogen and oxygen atoms in total. The molecule has 26 heavy (non-hydrogen) atoms. The average molecular weight is 379 g/mol. The Morgan fingerprint density at radius 1 is 1.12 bits per heavy atom. The molecule has 2 aromatic rings. The number of nitrogens with zero attached hydrogens (tertiary/aromatic N) is 2. The van der Waals surface area contributed by atoms with Gasteiger partial charge in [0.2, 0.25) is 14.9 Å². The van der Waals surface area contributed by atoms with Crippen molar-refractivity contribution in [1.82, 2.24) is 5.32 Å². The quantitative estimate of drug-likeness (QED) is 0.886. The Balaban J connectivity index is 2.19. The molecule has 0 fully saturated rings. The van der Waals surface area contributed by atoms with E-state index in [1.807, 2.05) is 6.92 Å². The van der Waals surface area contributed by atoms with Crippen LogP contribution in [0.4, 0.5) is 20.2 Å². The summed E-state index contributed by atoms with van der Waals surface area (Å²) in [5.74, 6) is -2.13. The molecule has 1 aliphatic rings. The van der Waals surface area contributed by atoms with Gasteiger partial charge in [0.25, 0.3) is 5.91 Å². The van der Waals surface area contributed by atoms with Gasteiger partial charge < -0.3 is 5.32 Å². The third-order valence-electron chi connectivity index (χ3n) is 3.69. The minimum absolute atomic E-state index is 0.0741. The molecule has 3 rings (SSSR count). The largest absolute Gasteiger partial charge is 0.350 e. The maximum Gasteiger partial charge on any atom is 0.283 e. The van der Waals surface area contributed by atoms with Gasteiger partial charge in [0.1, 0.15) is 16.5 Å². The van der Waals surface area contributed by atoms with Crippen LogP contribution >= 0.6 is 0 Å². The Kier molecular flexibility index (Phi) is 4.73. The van der Waals surface area contributed by atoms with E-state index in [0.29, 0.717) is 12.1 Å². The molecule has 0 saturated heterocycles. The summed E-state index contributed by atoms with van der Waals surface area (Å²) in [6.07, 6.45) is 0.603. The van der Waals surface area contributed by atoms with Crippen molar-refractivity contribution in [2.75, 3.05) is 11.6 Å². The lowest BCUT2D eigenvalue weighted by atomic mass is 10.2. The highest BCUT2D eigenvalue weighted by molar-refractivity contribution is 8.08. The van der Waals surface area contributed by atoms with Gasteiger partial charge in [-0.05, 0) is 48.9 Å². The van der Waals surface area contributed by atoms with Crippen molar-refractivity contribution in [3.05, 3.63) is 54.1 Å². The average Bonchev–Trinajstić information content (AvgIpc) is 2.61. The summed E-state index contributed by atoms with van der Waals surface area (Å²) >= 11 is 0. The van der Waals surface area contributed by atoms with Crippen LogP contribution in [0, 0.1) is 11.6 Å². The molecule has 0 spiro atoms. The van der Waals surface area contributed by atoms with Gasteiger partial charge >= 0.3 is 0 Å². The summed E-state index contributed by atoms with van der Waals surface area (Å²) in [7, 11) is -4.30. The van der Waals surface area contributed by atoms with Crippen LogP contribution in [-0.2, 0) is 14.6 Å². The number of anilines is 2. The first-order chi connectivity index (χ1) is 12.3. The van der Waals surface area contributed by atoms with E-state index in [-0.39, 0.29) is 17.1 Å². The third-order valence-corrected chi connectivity index (χ3v) is 5.37. The summed E-state index contributed by atoms with van der Waals surface area (Å²) < 4.78 is 52.4. The molecule has 0 aliphatic carbocycles. The standard InChI is InChI=1S/C17H15F2N3O3S/c1-2-9-20-16(23)17-21-22(13-6-3-11(18)4-7-13)14-8-5-12(19)10-15(14)26(17,24)25/h3-8,10H,2,9H2,1H3,(H,20,23). The van der Waals surface area contributed by atoms with Gasteiger partial charge in [0.15, 0.2) is 0 Å². The Morgan fingerprint density at radius 3 is 2.42 bits per heavy atom. The first-order valence-electron chi connectivity index (χ1n) is 7.81. The van der Waals surface area contributed by atoms with Crippen molar-refractivity contribution in [2.45, 2.75) is 18.2 Å². The highest BCUT2D eigenvalue weighted by Gasteiger charge is 2.38. The second-order valence-corrected chi connectivity index (χ2v) is 7.40. The van der Waals surface area contributed by atoms with Crippen molar-refractivity contribution >= 4 is 32.2 Å². The number of sulfone groups is 1. The lowest BCUT2D eigenvalue weighted by molar-refractivity contribution is -0.114. The molecule has 0 bridgehead atoms. The lowest BCUT2D eigenvalue weighted by Crippen LogP contribution is -2.40. The predicted molar refractivity (Wildman–Crippen MR) is 92.9 cm³/mol. The zero-order valence-corrected chi connectivity index (χ0v) is 14.6. The molecule has 0 unspecified atom stereocenters. The normalized spacial score (nSPS) is 15.2. The number of carbonyl (C=O) groups is 1. The summed E-state index contributed by atoms with van der Waals surface area (Å²) in [6, 6.07) is 8.28. The Hall–Kier alpha value is -2.81. The molecule has 1 aliphatic heterocycles. The molecule has 1 N–H and O–H groups in total. The Bertz CT molecular complexity index is 989. The van der Waals surface area contributed by atoms with Crippen LogP contribution in [0.5, 0.6) is 0 Å². The van der Waals surface area contributed by atoms with E-state index < -0.39 is 32.4 Å². The van der Waals surface area contributed by atoms with Crippen molar-refractivity contribution in [3.8, 4) is 0 Å². The number of nitrogens with one attached hydrogen (secondary N) is 1. The predicted octanol–water partition coefficient (Wildman–Crippen LogP) is 2.73. The number of rotatable bonds is 4. The van der Waals surface area contributed by atoms with E-state index in [1.54, 1.807) is 0 Å². The van der Waals surface area contributed by atoms with E-state index in [2.05, 4.69) is 10.4 Å². The van der Waals surface area contributed by atoms with Gasteiger partial charge in [0.05, 0.1) is 11.4 Å². The van der Waals surface area contributed by atoms with Crippen LogP contribution in [-0.4, -0.2) is 25.9 Å². The Morgan fingerprint density at radius 2 is 1.77 bits per heavy atom.